The zero-order chi connectivity index (χ0) is 20.9. The van der Waals surface area contributed by atoms with E-state index in [1.807, 2.05) is 28.8 Å². The number of hydrogen-bond acceptors (Lipinski definition) is 6. The summed E-state index contributed by atoms with van der Waals surface area (Å²) in [5, 5.41) is 17.1. The van der Waals surface area contributed by atoms with Crippen LogP contribution < -0.4 is 0 Å². The van der Waals surface area contributed by atoms with Crippen LogP contribution in [0.1, 0.15) is 42.8 Å². The van der Waals surface area contributed by atoms with Crippen molar-refractivity contribution in [2.75, 3.05) is 13.1 Å². The maximum atomic E-state index is 12.3. The third kappa shape index (κ3) is 4.40. The first-order chi connectivity index (χ1) is 14.6. The highest BCUT2D eigenvalue weighted by Gasteiger charge is 2.20. The van der Waals surface area contributed by atoms with E-state index < -0.39 is 5.97 Å². The molecule has 0 spiro atoms. The summed E-state index contributed by atoms with van der Waals surface area (Å²) in [6.45, 7) is 1.10. The summed E-state index contributed by atoms with van der Waals surface area (Å²) < 4.78 is 7.30. The van der Waals surface area contributed by atoms with E-state index >= 15 is 0 Å². The van der Waals surface area contributed by atoms with Crippen LogP contribution in [0.5, 0.6) is 0 Å². The second kappa shape index (κ2) is 8.89. The minimum Gasteiger partial charge on any atom is -0.481 e. The molecule has 0 saturated carbocycles. The van der Waals surface area contributed by atoms with Gasteiger partial charge < -0.3 is 14.4 Å². The molecular formula is C21H23N5O4. The summed E-state index contributed by atoms with van der Waals surface area (Å²) >= 11 is 0. The maximum Gasteiger partial charge on any atom is 0.303 e. The number of nitrogens with zero attached hydrogens (tertiary/aromatic N) is 5. The van der Waals surface area contributed by atoms with Gasteiger partial charge in [0, 0.05) is 50.5 Å². The third-order valence-corrected chi connectivity index (χ3v) is 5.27. The second-order valence-electron chi connectivity index (χ2n) is 7.26. The Morgan fingerprint density at radius 3 is 2.87 bits per heavy atom. The Kier molecular flexibility index (Phi) is 5.87. The number of fused-ring (bicyclic) bond motifs is 1. The van der Waals surface area contributed by atoms with Crippen LogP contribution >= 0.6 is 0 Å². The highest BCUT2D eigenvalue weighted by Crippen LogP contribution is 2.26. The fourth-order valence-electron chi connectivity index (χ4n) is 3.66. The third-order valence-electron chi connectivity index (χ3n) is 5.27. The van der Waals surface area contributed by atoms with E-state index in [0.29, 0.717) is 32.4 Å². The van der Waals surface area contributed by atoms with Gasteiger partial charge in [-0.25, -0.2) is 4.98 Å². The van der Waals surface area contributed by atoms with Gasteiger partial charge in [0.25, 0.3) is 0 Å². The molecule has 0 saturated heterocycles. The number of carbonyl (C=O) groups excluding carboxylic acids is 1. The van der Waals surface area contributed by atoms with E-state index in [1.165, 1.54) is 0 Å². The van der Waals surface area contributed by atoms with Gasteiger partial charge in [0.2, 0.25) is 5.91 Å². The van der Waals surface area contributed by atoms with Gasteiger partial charge in [0.05, 0.1) is 6.26 Å². The van der Waals surface area contributed by atoms with Gasteiger partial charge >= 0.3 is 5.97 Å². The predicted octanol–water partition coefficient (Wildman–Crippen LogP) is 2.37. The van der Waals surface area contributed by atoms with Gasteiger partial charge in [0.15, 0.2) is 5.65 Å². The molecule has 3 aromatic heterocycles. The molecule has 156 valence electrons. The topological polar surface area (TPSA) is 114 Å². The summed E-state index contributed by atoms with van der Waals surface area (Å²) in [4.78, 5) is 29.3. The van der Waals surface area contributed by atoms with Crippen LogP contribution in [-0.4, -0.2) is 54.6 Å². The van der Waals surface area contributed by atoms with Crippen molar-refractivity contribution in [3.05, 3.63) is 54.1 Å². The average molecular weight is 409 g/mol. The van der Waals surface area contributed by atoms with Crippen molar-refractivity contribution >= 4 is 23.1 Å². The lowest BCUT2D eigenvalue weighted by Crippen LogP contribution is -2.34. The van der Waals surface area contributed by atoms with E-state index in [0.717, 1.165) is 34.8 Å². The van der Waals surface area contributed by atoms with Gasteiger partial charge in [-0.3, -0.25) is 14.0 Å². The number of amides is 1. The van der Waals surface area contributed by atoms with E-state index in [4.69, 9.17) is 9.52 Å². The number of hydrogen-bond donors (Lipinski definition) is 1. The Bertz CT molecular complexity index is 1070. The molecule has 0 radical (unpaired) electrons. The summed E-state index contributed by atoms with van der Waals surface area (Å²) in [6.07, 6.45) is 9.98. The van der Waals surface area contributed by atoms with Crippen LogP contribution in [0.15, 0.2) is 41.4 Å². The summed E-state index contributed by atoms with van der Waals surface area (Å²) in [5.41, 5.74) is 2.77. The van der Waals surface area contributed by atoms with E-state index in [2.05, 4.69) is 15.2 Å². The molecule has 1 amide bonds. The van der Waals surface area contributed by atoms with Gasteiger partial charge in [-0.05, 0) is 30.5 Å². The highest BCUT2D eigenvalue weighted by atomic mass is 16.4. The molecule has 0 aromatic carbocycles. The Hall–Kier alpha value is -3.49. The van der Waals surface area contributed by atoms with Crippen LogP contribution in [0.2, 0.25) is 0 Å². The average Bonchev–Trinajstić information content (AvgIpc) is 3.44. The van der Waals surface area contributed by atoms with E-state index in [9.17, 15) is 9.59 Å². The molecule has 0 fully saturated rings. The molecule has 1 N–H and O–H groups in total. The quantitative estimate of drug-likeness (QED) is 0.607. The number of carbonyl (C=O) groups is 2. The molecule has 4 rings (SSSR count). The van der Waals surface area contributed by atoms with Gasteiger partial charge in [-0.15, -0.1) is 10.2 Å². The van der Waals surface area contributed by atoms with Gasteiger partial charge in [0.1, 0.15) is 17.9 Å². The standard InChI is InChI=1S/C21H23N5O4/c27-19(4-1-5-20(28)29)25-10-8-15(9-11-25)17-13-22-18(26-14-23-24-21(17)26)7-6-16-3-2-12-30-16/h2-3,8,12-14H,1,4-7,9-11H2,(H,28,29). The molecule has 1 aliphatic rings. The number of aryl methyl sites for hydroxylation is 2. The molecule has 0 bridgehead atoms. The first-order valence-electron chi connectivity index (χ1n) is 10.0. The summed E-state index contributed by atoms with van der Waals surface area (Å²) in [7, 11) is 0. The molecule has 1 aliphatic heterocycles. The molecular weight excluding hydrogens is 386 g/mol. The molecule has 9 nitrogen and oxygen atoms in total. The number of furan rings is 1. The minimum atomic E-state index is -0.874. The van der Waals surface area contributed by atoms with Crippen LogP contribution in [-0.2, 0) is 22.4 Å². The van der Waals surface area contributed by atoms with Crippen molar-refractivity contribution in [2.45, 2.75) is 38.5 Å². The van der Waals surface area contributed by atoms with Crippen LogP contribution in [0.4, 0.5) is 0 Å². The zero-order valence-electron chi connectivity index (χ0n) is 16.5. The second-order valence-corrected chi connectivity index (χ2v) is 7.26. The largest absolute Gasteiger partial charge is 0.481 e. The van der Waals surface area contributed by atoms with Crippen molar-refractivity contribution < 1.29 is 19.1 Å². The monoisotopic (exact) mass is 409 g/mol. The predicted molar refractivity (Wildman–Crippen MR) is 108 cm³/mol. The molecule has 0 atom stereocenters. The van der Waals surface area contributed by atoms with E-state index in [-0.39, 0.29) is 18.7 Å². The fourth-order valence-corrected chi connectivity index (χ4v) is 3.66. The molecule has 4 heterocycles. The van der Waals surface area contributed by atoms with Crippen molar-refractivity contribution in [1.82, 2.24) is 24.5 Å². The number of carboxylic acid groups (broad SMARTS) is 1. The SMILES string of the molecule is O=C(O)CCCC(=O)N1CC=C(c2cnc(CCc3ccco3)n3cnnc23)CC1. The van der Waals surface area contributed by atoms with Crippen LogP contribution in [0.3, 0.4) is 0 Å². The number of aliphatic carboxylic acids is 1. The van der Waals surface area contributed by atoms with Gasteiger partial charge in [-0.1, -0.05) is 6.08 Å². The van der Waals surface area contributed by atoms with E-state index in [1.54, 1.807) is 17.5 Å². The lowest BCUT2D eigenvalue weighted by atomic mass is 10.0. The molecule has 0 aliphatic carbocycles. The molecule has 0 unspecified atom stereocenters. The Morgan fingerprint density at radius 2 is 2.13 bits per heavy atom. The molecule has 30 heavy (non-hydrogen) atoms. The summed E-state index contributed by atoms with van der Waals surface area (Å²) in [6, 6.07) is 3.81. The first kappa shape index (κ1) is 19.8. The smallest absolute Gasteiger partial charge is 0.303 e. The zero-order valence-corrected chi connectivity index (χ0v) is 16.5. The Labute approximate surface area is 173 Å². The van der Waals surface area contributed by atoms with Crippen LogP contribution in [0.25, 0.3) is 11.2 Å². The highest BCUT2D eigenvalue weighted by molar-refractivity contribution is 5.80. The van der Waals surface area contributed by atoms with Crippen molar-refractivity contribution in [3.63, 3.8) is 0 Å². The summed E-state index contributed by atoms with van der Waals surface area (Å²) in [5.74, 6) is 0.888. The fraction of sp³-hybridized carbons (Fsp3) is 0.381. The lowest BCUT2D eigenvalue weighted by molar-refractivity contribution is -0.137. The number of carboxylic acids is 1. The molecule has 3 aromatic rings. The maximum absolute atomic E-state index is 12.3. The lowest BCUT2D eigenvalue weighted by Gasteiger charge is -2.26. The van der Waals surface area contributed by atoms with Crippen molar-refractivity contribution in [2.24, 2.45) is 0 Å². The Balaban J connectivity index is 1.44. The number of rotatable bonds is 8. The first-order valence-corrected chi connectivity index (χ1v) is 10.0. The normalized spacial score (nSPS) is 14.1. The van der Waals surface area contributed by atoms with Gasteiger partial charge in [-0.2, -0.15) is 0 Å². The van der Waals surface area contributed by atoms with Crippen LogP contribution in [0, 0.1) is 0 Å². The number of aromatic nitrogens is 4. The van der Waals surface area contributed by atoms with Crippen molar-refractivity contribution in [3.8, 4) is 0 Å². The minimum absolute atomic E-state index is 0.00873. The molecule has 9 heteroatoms. The Morgan fingerprint density at radius 1 is 1.23 bits per heavy atom. The van der Waals surface area contributed by atoms with Crippen molar-refractivity contribution in [1.29, 1.82) is 0 Å².